The maximum atomic E-state index is 6.59. The molecule has 1 N–H and O–H groups in total. The van der Waals surface area contributed by atoms with Crippen LogP contribution in [0, 0.1) is 0 Å². The van der Waals surface area contributed by atoms with E-state index < -0.39 is 0 Å². The molecule has 2 aliphatic rings. The van der Waals surface area contributed by atoms with Crippen molar-refractivity contribution >= 4 is 27.2 Å². The Hall–Kier alpha value is -2.52. The van der Waals surface area contributed by atoms with Crippen LogP contribution < -0.4 is 10.1 Å². The molecule has 0 unspecified atom stereocenters. The zero-order chi connectivity index (χ0) is 19.5. The molecule has 0 radical (unpaired) electrons. The fraction of sp³-hybridized carbons (Fsp3) is 0.200. The van der Waals surface area contributed by atoms with E-state index in [1.807, 2.05) is 6.07 Å². The monoisotopic (exact) mass is 431 g/mol. The summed E-state index contributed by atoms with van der Waals surface area (Å²) in [6.45, 7) is 6.62. The topological polar surface area (TPSA) is 21.3 Å². The van der Waals surface area contributed by atoms with Crippen LogP contribution in [0.3, 0.4) is 0 Å². The average molecular weight is 432 g/mol. The highest BCUT2D eigenvalue weighted by Crippen LogP contribution is 2.50. The number of nitrogens with one attached hydrogen (secondary N) is 1. The van der Waals surface area contributed by atoms with Gasteiger partial charge in [0, 0.05) is 26.9 Å². The van der Waals surface area contributed by atoms with Crippen molar-refractivity contribution in [1.82, 2.24) is 0 Å². The molecule has 0 spiro atoms. The number of benzene rings is 3. The van der Waals surface area contributed by atoms with Crippen LogP contribution in [0.25, 0.3) is 16.7 Å². The van der Waals surface area contributed by atoms with Gasteiger partial charge in [0.25, 0.3) is 0 Å². The Morgan fingerprint density at radius 3 is 2.61 bits per heavy atom. The van der Waals surface area contributed by atoms with Crippen LogP contribution in [-0.2, 0) is 0 Å². The van der Waals surface area contributed by atoms with Crippen molar-refractivity contribution in [3.8, 4) is 16.9 Å². The molecule has 5 rings (SSSR count). The predicted molar refractivity (Wildman–Crippen MR) is 120 cm³/mol. The van der Waals surface area contributed by atoms with Crippen molar-refractivity contribution in [2.24, 2.45) is 0 Å². The molecule has 0 bridgehead atoms. The third-order valence-electron chi connectivity index (χ3n) is 5.51. The average Bonchev–Trinajstić information content (AvgIpc) is 2.65. The van der Waals surface area contributed by atoms with Gasteiger partial charge in [0.1, 0.15) is 5.75 Å². The summed E-state index contributed by atoms with van der Waals surface area (Å²) in [7, 11) is 0. The van der Waals surface area contributed by atoms with E-state index in [4.69, 9.17) is 4.74 Å². The molecule has 2 nitrogen and oxygen atoms in total. The number of ether oxygens (including phenoxy) is 1. The number of para-hydroxylation sites is 1. The van der Waals surface area contributed by atoms with Crippen LogP contribution in [0.5, 0.6) is 5.75 Å². The molecule has 140 valence electrons. The van der Waals surface area contributed by atoms with Crippen LogP contribution in [-0.4, -0.2) is 5.54 Å². The molecule has 0 saturated heterocycles. The normalized spacial score (nSPS) is 18.7. The van der Waals surface area contributed by atoms with Crippen molar-refractivity contribution in [1.29, 1.82) is 0 Å². The van der Waals surface area contributed by atoms with E-state index in [9.17, 15) is 0 Å². The van der Waals surface area contributed by atoms with Crippen molar-refractivity contribution in [3.05, 3.63) is 87.9 Å². The van der Waals surface area contributed by atoms with Gasteiger partial charge in [0.05, 0.1) is 5.54 Å². The minimum Gasteiger partial charge on any atom is -0.480 e. The summed E-state index contributed by atoms with van der Waals surface area (Å²) in [4.78, 5) is 0. The van der Waals surface area contributed by atoms with Crippen LogP contribution in [0.15, 0.2) is 71.2 Å². The van der Waals surface area contributed by atoms with E-state index in [-0.39, 0.29) is 11.6 Å². The molecule has 28 heavy (non-hydrogen) atoms. The lowest BCUT2D eigenvalue weighted by molar-refractivity contribution is 0.243. The Morgan fingerprint density at radius 2 is 1.79 bits per heavy atom. The van der Waals surface area contributed by atoms with Gasteiger partial charge in [-0.2, -0.15) is 0 Å². The Kier molecular flexibility index (Phi) is 3.92. The van der Waals surface area contributed by atoms with Crippen LogP contribution in [0.1, 0.15) is 43.6 Å². The number of anilines is 1. The zero-order valence-electron chi connectivity index (χ0n) is 16.2. The maximum absolute atomic E-state index is 6.59. The van der Waals surface area contributed by atoms with Crippen molar-refractivity contribution in [3.63, 3.8) is 0 Å². The highest BCUT2D eigenvalue weighted by molar-refractivity contribution is 9.10. The fourth-order valence-corrected chi connectivity index (χ4v) is 4.95. The van der Waals surface area contributed by atoms with Gasteiger partial charge in [-0.1, -0.05) is 58.4 Å². The van der Waals surface area contributed by atoms with Crippen molar-refractivity contribution in [2.45, 2.75) is 32.4 Å². The number of allylic oxidation sites excluding steroid dienone is 1. The Morgan fingerprint density at radius 1 is 0.964 bits per heavy atom. The van der Waals surface area contributed by atoms with Gasteiger partial charge in [-0.15, -0.1) is 0 Å². The van der Waals surface area contributed by atoms with E-state index in [0.29, 0.717) is 0 Å². The molecule has 0 amide bonds. The van der Waals surface area contributed by atoms with Gasteiger partial charge in [0.2, 0.25) is 0 Å². The van der Waals surface area contributed by atoms with Gasteiger partial charge in [-0.05, 0) is 61.7 Å². The molecule has 2 heterocycles. The van der Waals surface area contributed by atoms with E-state index in [1.54, 1.807) is 0 Å². The molecule has 1 atom stereocenters. The Balaban J connectivity index is 1.81. The highest BCUT2D eigenvalue weighted by Gasteiger charge is 2.34. The summed E-state index contributed by atoms with van der Waals surface area (Å²) in [6, 6.07) is 21.2. The molecule has 3 heteroatoms. The minimum atomic E-state index is -0.149. The summed E-state index contributed by atoms with van der Waals surface area (Å²) in [5.74, 6) is 0.936. The predicted octanol–water partition coefficient (Wildman–Crippen LogP) is 7.21. The first-order chi connectivity index (χ1) is 13.4. The molecule has 3 aromatic rings. The number of halogens is 1. The first kappa shape index (κ1) is 17.6. The number of hydrogen-bond acceptors (Lipinski definition) is 2. The standard InChI is InChI=1S/C25H22BrNO/c1-15-14-25(2,3)27-20-12-11-19-18-9-4-5-10-21(18)28-24(23(19)22(15)20)16-7-6-8-17(26)13-16/h4-14,24,27H,1-3H3/t24-/m0/s1. The molecule has 3 aromatic carbocycles. The molecule has 2 aliphatic heterocycles. The van der Waals surface area contributed by atoms with Crippen LogP contribution >= 0.6 is 15.9 Å². The summed E-state index contributed by atoms with van der Waals surface area (Å²) in [5, 5.41) is 3.68. The summed E-state index contributed by atoms with van der Waals surface area (Å²) in [6.07, 6.45) is 2.16. The lowest BCUT2D eigenvalue weighted by Gasteiger charge is -2.37. The summed E-state index contributed by atoms with van der Waals surface area (Å²) in [5.41, 5.74) is 8.46. The number of fused-ring (bicyclic) bond motifs is 5. The molecular formula is C25H22BrNO. The van der Waals surface area contributed by atoms with Crippen molar-refractivity contribution < 1.29 is 4.74 Å². The van der Waals surface area contributed by atoms with E-state index in [2.05, 4.69) is 103 Å². The third kappa shape index (κ3) is 2.77. The molecule has 0 saturated carbocycles. The van der Waals surface area contributed by atoms with Gasteiger partial charge in [-0.25, -0.2) is 0 Å². The Labute approximate surface area is 174 Å². The van der Waals surface area contributed by atoms with Gasteiger partial charge < -0.3 is 10.1 Å². The summed E-state index contributed by atoms with van der Waals surface area (Å²) >= 11 is 3.62. The second kappa shape index (κ2) is 6.25. The highest BCUT2D eigenvalue weighted by atomic mass is 79.9. The molecule has 0 aliphatic carbocycles. The maximum Gasteiger partial charge on any atom is 0.150 e. The third-order valence-corrected chi connectivity index (χ3v) is 6.00. The van der Waals surface area contributed by atoms with Gasteiger partial charge in [-0.3, -0.25) is 0 Å². The quantitative estimate of drug-likeness (QED) is 0.439. The first-order valence-electron chi connectivity index (χ1n) is 9.59. The van der Waals surface area contributed by atoms with E-state index in [1.165, 1.54) is 28.0 Å². The number of rotatable bonds is 1. The molecule has 0 aromatic heterocycles. The van der Waals surface area contributed by atoms with E-state index in [0.717, 1.165) is 21.3 Å². The van der Waals surface area contributed by atoms with E-state index >= 15 is 0 Å². The second-order valence-electron chi connectivity index (χ2n) is 8.17. The second-order valence-corrected chi connectivity index (χ2v) is 9.09. The zero-order valence-corrected chi connectivity index (χ0v) is 17.8. The lowest BCUT2D eigenvalue weighted by Crippen LogP contribution is -2.32. The molecule has 0 fully saturated rings. The fourth-order valence-electron chi connectivity index (χ4n) is 4.53. The largest absolute Gasteiger partial charge is 0.480 e. The van der Waals surface area contributed by atoms with Gasteiger partial charge >= 0.3 is 0 Å². The SMILES string of the molecule is CC1=CC(C)(C)Nc2ccc3c(c21)[C@H](c1cccc(Br)c1)Oc1ccccc1-3. The first-order valence-corrected chi connectivity index (χ1v) is 10.4. The van der Waals surface area contributed by atoms with Gasteiger partial charge in [0.15, 0.2) is 6.10 Å². The lowest BCUT2D eigenvalue weighted by atomic mass is 9.80. The minimum absolute atomic E-state index is 0.0655. The summed E-state index contributed by atoms with van der Waals surface area (Å²) < 4.78 is 7.65. The molecular weight excluding hydrogens is 410 g/mol. The van der Waals surface area contributed by atoms with Crippen LogP contribution in [0.2, 0.25) is 0 Å². The van der Waals surface area contributed by atoms with Crippen molar-refractivity contribution in [2.75, 3.05) is 5.32 Å². The number of hydrogen-bond donors (Lipinski definition) is 1. The Bertz CT molecular complexity index is 1130. The van der Waals surface area contributed by atoms with Crippen LogP contribution in [0.4, 0.5) is 5.69 Å². The smallest absolute Gasteiger partial charge is 0.150 e.